The number of allylic oxidation sites excluding steroid dienone is 3. The SMILES string of the molecule is COC(=O)C1=C(C)NC2=C(C(=O)CC(C)(C)C2)C1c1cc(OC)cc(Br)c1OC. The molecule has 3 rings (SSSR count). The van der Waals surface area contributed by atoms with E-state index in [1.807, 2.05) is 13.0 Å². The van der Waals surface area contributed by atoms with Crippen LogP contribution in [0.2, 0.25) is 0 Å². The van der Waals surface area contributed by atoms with Gasteiger partial charge in [-0.25, -0.2) is 4.79 Å². The molecule has 0 fully saturated rings. The molecule has 1 aliphatic heterocycles. The predicted molar refractivity (Wildman–Crippen MR) is 113 cm³/mol. The lowest BCUT2D eigenvalue weighted by atomic mass is 9.68. The van der Waals surface area contributed by atoms with Gasteiger partial charge in [-0.2, -0.15) is 0 Å². The summed E-state index contributed by atoms with van der Waals surface area (Å²) in [6.45, 7) is 5.97. The molecule has 0 saturated carbocycles. The van der Waals surface area contributed by atoms with E-state index in [2.05, 4.69) is 35.1 Å². The second kappa shape index (κ2) is 7.86. The van der Waals surface area contributed by atoms with E-state index in [0.717, 1.165) is 5.70 Å². The molecule has 0 saturated heterocycles. The predicted octanol–water partition coefficient (Wildman–Crippen LogP) is 4.24. The third kappa shape index (κ3) is 3.80. The molecule has 1 aromatic carbocycles. The third-order valence-electron chi connectivity index (χ3n) is 5.44. The highest BCUT2D eigenvalue weighted by Crippen LogP contribution is 2.50. The summed E-state index contributed by atoms with van der Waals surface area (Å²) in [7, 11) is 4.47. The molecule has 29 heavy (non-hydrogen) atoms. The molecule has 7 heteroatoms. The molecule has 1 aliphatic carbocycles. The molecular formula is C22H26BrNO5. The first-order chi connectivity index (χ1) is 13.6. The van der Waals surface area contributed by atoms with Crippen molar-refractivity contribution in [2.24, 2.45) is 5.41 Å². The number of carbonyl (C=O) groups is 2. The van der Waals surface area contributed by atoms with Gasteiger partial charge in [0.15, 0.2) is 5.78 Å². The van der Waals surface area contributed by atoms with E-state index in [0.29, 0.717) is 51.2 Å². The Labute approximate surface area is 179 Å². The Morgan fingerprint density at radius 2 is 1.86 bits per heavy atom. The van der Waals surface area contributed by atoms with E-state index >= 15 is 0 Å². The first kappa shape index (κ1) is 21.4. The van der Waals surface area contributed by atoms with Gasteiger partial charge in [-0.15, -0.1) is 0 Å². The Morgan fingerprint density at radius 1 is 1.17 bits per heavy atom. The van der Waals surface area contributed by atoms with Crippen molar-refractivity contribution >= 4 is 27.7 Å². The van der Waals surface area contributed by atoms with E-state index in [-0.39, 0.29) is 11.2 Å². The van der Waals surface area contributed by atoms with Crippen molar-refractivity contribution in [3.8, 4) is 11.5 Å². The number of rotatable bonds is 4. The average Bonchev–Trinajstić information content (AvgIpc) is 2.64. The van der Waals surface area contributed by atoms with Crippen molar-refractivity contribution in [2.45, 2.75) is 39.5 Å². The van der Waals surface area contributed by atoms with Gasteiger partial charge in [0.25, 0.3) is 0 Å². The smallest absolute Gasteiger partial charge is 0.336 e. The van der Waals surface area contributed by atoms with Gasteiger partial charge in [0.1, 0.15) is 11.5 Å². The van der Waals surface area contributed by atoms with Crippen LogP contribution in [0.15, 0.2) is 39.1 Å². The minimum absolute atomic E-state index is 0.0173. The van der Waals surface area contributed by atoms with E-state index in [4.69, 9.17) is 14.2 Å². The van der Waals surface area contributed by atoms with Gasteiger partial charge in [0, 0.05) is 29.0 Å². The Morgan fingerprint density at radius 3 is 2.45 bits per heavy atom. The van der Waals surface area contributed by atoms with Gasteiger partial charge in [-0.05, 0) is 46.8 Å². The fraction of sp³-hybridized carbons (Fsp3) is 0.455. The van der Waals surface area contributed by atoms with Crippen molar-refractivity contribution in [2.75, 3.05) is 21.3 Å². The zero-order valence-corrected chi connectivity index (χ0v) is 19.2. The van der Waals surface area contributed by atoms with Crippen LogP contribution in [0.4, 0.5) is 0 Å². The zero-order valence-electron chi connectivity index (χ0n) is 17.6. The molecule has 6 nitrogen and oxygen atoms in total. The van der Waals surface area contributed by atoms with Crippen molar-refractivity contribution in [1.29, 1.82) is 0 Å². The van der Waals surface area contributed by atoms with Crippen molar-refractivity contribution in [3.05, 3.63) is 44.7 Å². The number of dihydropyridines is 1. The van der Waals surface area contributed by atoms with Crippen LogP contribution in [0.3, 0.4) is 0 Å². The number of methoxy groups -OCH3 is 3. The third-order valence-corrected chi connectivity index (χ3v) is 6.03. The standard InChI is InChI=1S/C22H26BrNO5/c1-11-17(21(26)29-6)18(13-7-12(27-4)8-14(23)20(13)28-5)19-15(24-11)9-22(2,3)10-16(19)25/h7-8,18,24H,9-10H2,1-6H3. The molecule has 1 heterocycles. The summed E-state index contributed by atoms with van der Waals surface area (Å²) in [6.07, 6.45) is 1.12. The van der Waals surface area contributed by atoms with Gasteiger partial charge in [-0.3, -0.25) is 4.79 Å². The summed E-state index contributed by atoms with van der Waals surface area (Å²) in [5.41, 5.74) is 3.04. The van der Waals surface area contributed by atoms with Gasteiger partial charge in [-0.1, -0.05) is 13.8 Å². The summed E-state index contributed by atoms with van der Waals surface area (Å²) in [4.78, 5) is 26.0. The minimum Gasteiger partial charge on any atom is -0.497 e. The van der Waals surface area contributed by atoms with Gasteiger partial charge < -0.3 is 19.5 Å². The fourth-order valence-corrected chi connectivity index (χ4v) is 4.88. The number of hydrogen-bond acceptors (Lipinski definition) is 6. The summed E-state index contributed by atoms with van der Waals surface area (Å²) >= 11 is 3.52. The number of hydrogen-bond donors (Lipinski definition) is 1. The Kier molecular flexibility index (Phi) is 5.81. The number of ether oxygens (including phenoxy) is 3. The van der Waals surface area contributed by atoms with Crippen molar-refractivity contribution < 1.29 is 23.8 Å². The summed E-state index contributed by atoms with van der Waals surface area (Å²) in [6, 6.07) is 3.60. The lowest BCUT2D eigenvalue weighted by molar-refractivity contribution is -0.136. The number of Topliss-reactive ketones (excluding diaryl/α,β-unsaturated/α-hetero) is 1. The maximum absolute atomic E-state index is 13.3. The quantitative estimate of drug-likeness (QED) is 0.672. The number of halogens is 1. The number of benzene rings is 1. The lowest BCUT2D eigenvalue weighted by Crippen LogP contribution is -2.38. The van der Waals surface area contributed by atoms with Gasteiger partial charge >= 0.3 is 5.97 Å². The normalized spacial score (nSPS) is 20.8. The van der Waals surface area contributed by atoms with Crippen LogP contribution in [-0.2, 0) is 14.3 Å². The van der Waals surface area contributed by atoms with Gasteiger partial charge in [0.2, 0.25) is 0 Å². The molecule has 1 atom stereocenters. The van der Waals surface area contributed by atoms with Crippen molar-refractivity contribution in [1.82, 2.24) is 5.32 Å². The molecule has 2 aliphatic rings. The van der Waals surface area contributed by atoms with Crippen LogP contribution < -0.4 is 14.8 Å². The molecule has 0 amide bonds. The Hall–Kier alpha value is -2.28. The molecule has 156 valence electrons. The number of ketones is 1. The van der Waals surface area contributed by atoms with Gasteiger partial charge in [0.05, 0.1) is 37.3 Å². The second-order valence-electron chi connectivity index (χ2n) is 8.15. The molecule has 1 unspecified atom stereocenters. The summed E-state index contributed by atoms with van der Waals surface area (Å²) in [5, 5.41) is 3.30. The number of nitrogens with one attached hydrogen (secondary N) is 1. The molecule has 1 N–H and O–H groups in total. The largest absolute Gasteiger partial charge is 0.497 e. The summed E-state index contributed by atoms with van der Waals surface area (Å²) in [5.74, 6) is 0.0766. The number of carbonyl (C=O) groups excluding carboxylic acids is 2. The van der Waals surface area contributed by atoms with Crippen LogP contribution in [0, 0.1) is 5.41 Å². The molecular weight excluding hydrogens is 438 g/mol. The van der Waals surface area contributed by atoms with E-state index < -0.39 is 11.9 Å². The molecule has 1 aromatic rings. The number of esters is 1. The monoisotopic (exact) mass is 463 g/mol. The minimum atomic E-state index is -0.608. The average molecular weight is 464 g/mol. The van der Waals surface area contributed by atoms with Crippen molar-refractivity contribution in [3.63, 3.8) is 0 Å². The lowest BCUT2D eigenvalue weighted by Gasteiger charge is -2.39. The summed E-state index contributed by atoms with van der Waals surface area (Å²) < 4.78 is 16.8. The van der Waals surface area contributed by atoms with E-state index in [9.17, 15) is 9.59 Å². The van der Waals surface area contributed by atoms with E-state index in [1.54, 1.807) is 20.3 Å². The first-order valence-electron chi connectivity index (χ1n) is 9.37. The fourth-order valence-electron chi connectivity index (χ4n) is 4.26. The highest BCUT2D eigenvalue weighted by molar-refractivity contribution is 9.10. The van der Waals surface area contributed by atoms with Crippen LogP contribution in [0.1, 0.15) is 45.1 Å². The Bertz CT molecular complexity index is 945. The first-order valence-corrected chi connectivity index (χ1v) is 10.2. The van der Waals surface area contributed by atoms with Crippen LogP contribution in [0.5, 0.6) is 11.5 Å². The highest BCUT2D eigenvalue weighted by Gasteiger charge is 2.44. The Balaban J connectivity index is 2.33. The zero-order chi connectivity index (χ0) is 21.5. The molecule has 0 radical (unpaired) electrons. The molecule has 0 aromatic heterocycles. The topological polar surface area (TPSA) is 73.9 Å². The highest BCUT2D eigenvalue weighted by atomic mass is 79.9. The maximum Gasteiger partial charge on any atom is 0.336 e. The van der Waals surface area contributed by atoms with Crippen LogP contribution in [0.25, 0.3) is 0 Å². The maximum atomic E-state index is 13.3. The molecule has 0 bridgehead atoms. The van der Waals surface area contributed by atoms with E-state index in [1.165, 1.54) is 7.11 Å². The second-order valence-corrected chi connectivity index (χ2v) is 9.01. The van der Waals surface area contributed by atoms with Crippen LogP contribution in [-0.4, -0.2) is 33.1 Å². The molecule has 0 spiro atoms. The van der Waals surface area contributed by atoms with Crippen LogP contribution >= 0.6 is 15.9 Å².